The van der Waals surface area contributed by atoms with Crippen molar-refractivity contribution in [3.05, 3.63) is 46.1 Å². The number of esters is 1. The van der Waals surface area contributed by atoms with Crippen molar-refractivity contribution in [3.8, 4) is 0 Å². The van der Waals surface area contributed by atoms with Crippen LogP contribution in [0.15, 0.2) is 24.3 Å². The number of nitrogens with two attached hydrogens (primary N) is 1. The molecular weight excluding hydrogens is 318 g/mol. The summed E-state index contributed by atoms with van der Waals surface area (Å²) in [6.45, 7) is 5.06. The van der Waals surface area contributed by atoms with Gasteiger partial charge in [-0.2, -0.15) is 5.10 Å². The van der Waals surface area contributed by atoms with Gasteiger partial charge in [-0.15, -0.1) is 0 Å². The van der Waals surface area contributed by atoms with Gasteiger partial charge in [0.25, 0.3) is 0 Å². The van der Waals surface area contributed by atoms with Gasteiger partial charge in [0.15, 0.2) is 6.61 Å². The van der Waals surface area contributed by atoms with E-state index in [1.165, 1.54) is 0 Å². The predicted molar refractivity (Wildman–Crippen MR) is 87.8 cm³/mol. The molecular formula is C16H18ClN3O3. The predicted octanol–water partition coefficient (Wildman–Crippen LogP) is 3.05. The van der Waals surface area contributed by atoms with Crippen LogP contribution in [-0.2, 0) is 4.74 Å². The third-order valence-corrected chi connectivity index (χ3v) is 3.65. The second kappa shape index (κ2) is 6.83. The molecule has 0 aliphatic heterocycles. The molecule has 0 saturated heterocycles. The van der Waals surface area contributed by atoms with Crippen molar-refractivity contribution in [2.45, 2.75) is 26.8 Å². The maximum atomic E-state index is 12.2. The number of aryl methyl sites for hydroxylation is 1. The molecule has 1 heterocycles. The maximum Gasteiger partial charge on any atom is 0.344 e. The van der Waals surface area contributed by atoms with Gasteiger partial charge in [-0.05, 0) is 32.9 Å². The van der Waals surface area contributed by atoms with Crippen molar-refractivity contribution in [1.82, 2.24) is 9.78 Å². The number of Topliss-reactive ketones (excluding diaryl/α,β-unsaturated/α-hetero) is 1. The van der Waals surface area contributed by atoms with Crippen molar-refractivity contribution in [3.63, 3.8) is 0 Å². The van der Waals surface area contributed by atoms with Gasteiger partial charge in [0.1, 0.15) is 11.4 Å². The summed E-state index contributed by atoms with van der Waals surface area (Å²) in [5.74, 6) is -0.823. The van der Waals surface area contributed by atoms with Crippen LogP contribution in [0, 0.1) is 6.92 Å². The summed E-state index contributed by atoms with van der Waals surface area (Å²) in [5, 5.41) is 4.53. The lowest BCUT2D eigenvalue weighted by atomic mass is 10.1. The molecule has 2 aromatic rings. The molecule has 0 aliphatic carbocycles. The summed E-state index contributed by atoms with van der Waals surface area (Å²) in [4.78, 5) is 24.3. The largest absolute Gasteiger partial charge is 0.454 e. The zero-order chi connectivity index (χ0) is 17.1. The van der Waals surface area contributed by atoms with Gasteiger partial charge in [0.2, 0.25) is 5.78 Å². The zero-order valence-corrected chi connectivity index (χ0v) is 13.9. The Hall–Kier alpha value is -2.34. The summed E-state index contributed by atoms with van der Waals surface area (Å²) >= 11 is 5.95. The quantitative estimate of drug-likeness (QED) is 0.670. The van der Waals surface area contributed by atoms with E-state index in [1.807, 2.05) is 13.8 Å². The maximum absolute atomic E-state index is 12.2. The molecule has 7 heteroatoms. The van der Waals surface area contributed by atoms with Crippen molar-refractivity contribution in [2.24, 2.45) is 0 Å². The molecule has 1 aromatic carbocycles. The lowest BCUT2D eigenvalue weighted by Crippen LogP contribution is -2.16. The summed E-state index contributed by atoms with van der Waals surface area (Å²) < 4.78 is 6.62. The smallest absolute Gasteiger partial charge is 0.344 e. The number of hydrogen-bond donors (Lipinski definition) is 1. The number of benzene rings is 1. The van der Waals surface area contributed by atoms with E-state index in [-0.39, 0.29) is 23.2 Å². The number of nitrogens with zero attached hydrogens (tertiary/aromatic N) is 2. The highest BCUT2D eigenvalue weighted by Crippen LogP contribution is 2.21. The Balaban J connectivity index is 2.12. The van der Waals surface area contributed by atoms with Crippen LogP contribution >= 0.6 is 11.6 Å². The Morgan fingerprint density at radius 2 is 2.00 bits per heavy atom. The van der Waals surface area contributed by atoms with E-state index < -0.39 is 12.6 Å². The average molecular weight is 336 g/mol. The van der Waals surface area contributed by atoms with Crippen molar-refractivity contribution < 1.29 is 14.3 Å². The van der Waals surface area contributed by atoms with E-state index in [1.54, 1.807) is 35.9 Å². The first-order chi connectivity index (χ1) is 10.8. The van der Waals surface area contributed by atoms with Crippen LogP contribution in [0.3, 0.4) is 0 Å². The molecule has 2 N–H and O–H groups in total. The Morgan fingerprint density at radius 3 is 2.57 bits per heavy atom. The standard InChI is InChI=1S/C16H18ClN3O3/c1-9(2)20-15(18)14(10(3)19-20)16(22)23-8-13(21)11-6-4-5-7-12(11)17/h4-7,9H,8,18H2,1-3H3. The molecule has 0 saturated carbocycles. The van der Waals surface area contributed by atoms with Crippen LogP contribution in [-0.4, -0.2) is 28.1 Å². The van der Waals surface area contributed by atoms with E-state index in [0.29, 0.717) is 16.3 Å². The van der Waals surface area contributed by atoms with E-state index >= 15 is 0 Å². The third kappa shape index (κ3) is 3.53. The van der Waals surface area contributed by atoms with Crippen LogP contribution in [0.5, 0.6) is 0 Å². The molecule has 0 radical (unpaired) electrons. The van der Waals surface area contributed by atoms with Crippen LogP contribution < -0.4 is 5.73 Å². The number of nitrogen functional groups attached to an aromatic ring is 1. The molecule has 0 atom stereocenters. The first-order valence-electron chi connectivity index (χ1n) is 7.12. The van der Waals surface area contributed by atoms with Gasteiger partial charge >= 0.3 is 5.97 Å². The average Bonchev–Trinajstić information content (AvgIpc) is 2.80. The molecule has 0 amide bonds. The molecule has 1 aromatic heterocycles. The molecule has 6 nitrogen and oxygen atoms in total. The van der Waals surface area contributed by atoms with E-state index in [4.69, 9.17) is 22.1 Å². The van der Waals surface area contributed by atoms with Gasteiger partial charge in [-0.3, -0.25) is 4.79 Å². The number of aromatic nitrogens is 2. The molecule has 0 spiro atoms. The minimum Gasteiger partial charge on any atom is -0.454 e. The number of carbonyl (C=O) groups excluding carboxylic acids is 2. The zero-order valence-electron chi connectivity index (χ0n) is 13.2. The Labute approximate surface area is 139 Å². The fourth-order valence-electron chi connectivity index (χ4n) is 2.18. The normalized spacial score (nSPS) is 10.8. The SMILES string of the molecule is Cc1nn(C(C)C)c(N)c1C(=O)OCC(=O)c1ccccc1Cl. The summed E-state index contributed by atoms with van der Waals surface area (Å²) in [7, 11) is 0. The number of ketones is 1. The fraction of sp³-hybridized carbons (Fsp3) is 0.312. The highest BCUT2D eigenvalue weighted by Gasteiger charge is 2.23. The molecule has 0 unspecified atom stereocenters. The number of hydrogen-bond acceptors (Lipinski definition) is 5. The van der Waals surface area contributed by atoms with Gasteiger partial charge in [0.05, 0.1) is 10.7 Å². The van der Waals surface area contributed by atoms with Crippen LogP contribution in [0.25, 0.3) is 0 Å². The molecule has 122 valence electrons. The number of rotatable bonds is 5. The number of anilines is 1. The van der Waals surface area contributed by atoms with Crippen molar-refractivity contribution in [1.29, 1.82) is 0 Å². The third-order valence-electron chi connectivity index (χ3n) is 3.32. The number of carbonyl (C=O) groups is 2. The molecule has 0 aliphatic rings. The summed E-state index contributed by atoms with van der Waals surface area (Å²) in [5.41, 5.74) is 6.90. The van der Waals surface area contributed by atoms with E-state index in [0.717, 1.165) is 0 Å². The highest BCUT2D eigenvalue weighted by atomic mass is 35.5. The first-order valence-corrected chi connectivity index (χ1v) is 7.50. The van der Waals surface area contributed by atoms with Crippen molar-refractivity contribution >= 4 is 29.2 Å². The van der Waals surface area contributed by atoms with Crippen LogP contribution in [0.1, 0.15) is 46.3 Å². The van der Waals surface area contributed by atoms with Crippen molar-refractivity contribution in [2.75, 3.05) is 12.3 Å². The van der Waals surface area contributed by atoms with Crippen LogP contribution in [0.2, 0.25) is 5.02 Å². The Bertz CT molecular complexity index is 753. The molecule has 2 rings (SSSR count). The summed E-state index contributed by atoms with van der Waals surface area (Å²) in [6.07, 6.45) is 0. The van der Waals surface area contributed by atoms with Gasteiger partial charge in [-0.1, -0.05) is 23.7 Å². The van der Waals surface area contributed by atoms with Crippen LogP contribution in [0.4, 0.5) is 5.82 Å². The van der Waals surface area contributed by atoms with E-state index in [9.17, 15) is 9.59 Å². The van der Waals surface area contributed by atoms with Gasteiger partial charge in [0, 0.05) is 11.6 Å². The Kier molecular flexibility index (Phi) is 5.05. The van der Waals surface area contributed by atoms with Gasteiger partial charge < -0.3 is 10.5 Å². The molecule has 0 bridgehead atoms. The minimum absolute atomic E-state index is 0.0139. The highest BCUT2D eigenvalue weighted by molar-refractivity contribution is 6.34. The second-order valence-electron chi connectivity index (χ2n) is 5.36. The lowest BCUT2D eigenvalue weighted by molar-refractivity contribution is 0.0475. The molecule has 0 fully saturated rings. The topological polar surface area (TPSA) is 87.2 Å². The fourth-order valence-corrected chi connectivity index (χ4v) is 2.42. The number of halogens is 1. The lowest BCUT2D eigenvalue weighted by Gasteiger charge is -2.08. The van der Waals surface area contributed by atoms with Gasteiger partial charge in [-0.25, -0.2) is 9.48 Å². The number of ether oxygens (including phenoxy) is 1. The second-order valence-corrected chi connectivity index (χ2v) is 5.77. The first kappa shape index (κ1) is 17.0. The molecule has 23 heavy (non-hydrogen) atoms. The summed E-state index contributed by atoms with van der Waals surface area (Å²) in [6, 6.07) is 6.60. The minimum atomic E-state index is -0.674. The Morgan fingerprint density at radius 1 is 1.35 bits per heavy atom. The van der Waals surface area contributed by atoms with E-state index in [2.05, 4.69) is 5.10 Å². The monoisotopic (exact) mass is 335 g/mol.